The zero-order valence-electron chi connectivity index (χ0n) is 15.0. The van der Waals surface area contributed by atoms with Crippen LogP contribution in [-0.2, 0) is 16.1 Å². The number of aromatic nitrogens is 1. The Labute approximate surface area is 157 Å². The summed E-state index contributed by atoms with van der Waals surface area (Å²) < 4.78 is 6.83. The molecule has 2 fully saturated rings. The third-order valence-electron chi connectivity index (χ3n) is 5.36. The van der Waals surface area contributed by atoms with Crippen molar-refractivity contribution in [1.29, 1.82) is 0 Å². The lowest BCUT2D eigenvalue weighted by atomic mass is 10.0. The van der Waals surface area contributed by atoms with Gasteiger partial charge in [0.1, 0.15) is 6.61 Å². The fraction of sp³-hybridized carbons (Fsp3) is 0.350. The molecule has 0 N–H and O–H groups in total. The van der Waals surface area contributed by atoms with E-state index in [0.717, 1.165) is 5.56 Å². The number of hydrogen-bond acceptors (Lipinski definition) is 4. The Morgan fingerprint density at radius 2 is 1.81 bits per heavy atom. The van der Waals surface area contributed by atoms with E-state index < -0.39 is 12.0 Å². The molecule has 4 rings (SSSR count). The molecule has 0 bridgehead atoms. The summed E-state index contributed by atoms with van der Waals surface area (Å²) in [4.78, 5) is 40.9. The Morgan fingerprint density at radius 3 is 2.52 bits per heavy atom. The molecule has 2 aliphatic rings. The summed E-state index contributed by atoms with van der Waals surface area (Å²) in [5.41, 5.74) is 0.904. The zero-order chi connectivity index (χ0) is 19.0. The molecule has 0 saturated carbocycles. The quantitative estimate of drug-likeness (QED) is 0.818. The minimum Gasteiger partial charge on any atom is -0.445 e. The molecule has 3 heterocycles. The van der Waals surface area contributed by atoms with Crippen LogP contribution in [0.1, 0.15) is 18.9 Å². The van der Waals surface area contributed by atoms with Crippen LogP contribution in [0.15, 0.2) is 54.9 Å². The van der Waals surface area contributed by atoms with Gasteiger partial charge in [-0.15, -0.1) is 0 Å². The van der Waals surface area contributed by atoms with Gasteiger partial charge in [-0.1, -0.05) is 37.3 Å². The molecule has 140 valence electrons. The van der Waals surface area contributed by atoms with Gasteiger partial charge in [-0.2, -0.15) is 0 Å². The number of likely N-dealkylation sites (tertiary alicyclic amines) is 2. The molecule has 2 aliphatic heterocycles. The molecule has 27 heavy (non-hydrogen) atoms. The average molecular weight is 367 g/mol. The number of carbonyl (C=O) groups excluding carboxylic acids is 3. The first-order chi connectivity index (χ1) is 13.1. The average Bonchev–Trinajstić information content (AvgIpc) is 3.40. The third kappa shape index (κ3) is 2.99. The number of imide groups is 1. The Morgan fingerprint density at radius 1 is 1.11 bits per heavy atom. The second-order valence-corrected chi connectivity index (χ2v) is 6.95. The van der Waals surface area contributed by atoms with Crippen LogP contribution in [0.25, 0.3) is 0 Å². The van der Waals surface area contributed by atoms with Crippen molar-refractivity contribution in [3.63, 3.8) is 0 Å². The van der Waals surface area contributed by atoms with Crippen LogP contribution in [0.5, 0.6) is 0 Å². The van der Waals surface area contributed by atoms with Gasteiger partial charge in [0.05, 0.1) is 18.0 Å². The van der Waals surface area contributed by atoms with Crippen LogP contribution >= 0.6 is 0 Å². The van der Waals surface area contributed by atoms with Crippen molar-refractivity contribution < 1.29 is 19.1 Å². The number of hydrogen-bond donors (Lipinski definition) is 0. The highest BCUT2D eigenvalue weighted by atomic mass is 16.6. The summed E-state index contributed by atoms with van der Waals surface area (Å²) >= 11 is 0. The van der Waals surface area contributed by atoms with Crippen LogP contribution in [-0.4, -0.2) is 51.0 Å². The van der Waals surface area contributed by atoms with Crippen LogP contribution < -0.4 is 0 Å². The number of rotatable bonds is 2. The summed E-state index contributed by atoms with van der Waals surface area (Å²) in [6.45, 7) is 2.42. The lowest BCUT2D eigenvalue weighted by Crippen LogP contribution is -2.44. The van der Waals surface area contributed by atoms with Gasteiger partial charge in [0.25, 0.3) is 0 Å². The smallest absolute Gasteiger partial charge is 0.410 e. The molecule has 0 aliphatic carbocycles. The van der Waals surface area contributed by atoms with Gasteiger partial charge in [-0.3, -0.25) is 14.3 Å². The van der Waals surface area contributed by atoms with E-state index in [2.05, 4.69) is 0 Å². The van der Waals surface area contributed by atoms with Crippen molar-refractivity contribution in [2.75, 3.05) is 6.54 Å². The van der Waals surface area contributed by atoms with E-state index in [-0.39, 0.29) is 30.6 Å². The third-order valence-corrected chi connectivity index (χ3v) is 5.36. The highest BCUT2D eigenvalue weighted by Gasteiger charge is 2.55. The summed E-state index contributed by atoms with van der Waals surface area (Å²) in [6, 6.07) is 11.9. The van der Waals surface area contributed by atoms with Crippen molar-refractivity contribution in [3.8, 4) is 0 Å². The molecule has 1 unspecified atom stereocenters. The van der Waals surface area contributed by atoms with E-state index in [4.69, 9.17) is 4.74 Å². The molecular formula is C20H21N3O4. The van der Waals surface area contributed by atoms with E-state index in [1.54, 1.807) is 36.4 Å². The zero-order valence-corrected chi connectivity index (χ0v) is 15.0. The maximum atomic E-state index is 12.7. The first kappa shape index (κ1) is 17.3. The van der Waals surface area contributed by atoms with Crippen LogP contribution in [0, 0.1) is 5.92 Å². The first-order valence-electron chi connectivity index (χ1n) is 9.05. The summed E-state index contributed by atoms with van der Waals surface area (Å²) in [7, 11) is 0. The minimum absolute atomic E-state index is 0.182. The van der Waals surface area contributed by atoms with Gasteiger partial charge in [-0.05, 0) is 24.1 Å². The number of amides is 3. The van der Waals surface area contributed by atoms with E-state index in [1.165, 1.54) is 9.47 Å². The minimum atomic E-state index is -0.443. The molecule has 3 amide bonds. The van der Waals surface area contributed by atoms with Gasteiger partial charge < -0.3 is 9.64 Å². The molecule has 0 spiro atoms. The Bertz CT molecular complexity index is 849. The molecule has 1 aromatic carbocycles. The monoisotopic (exact) mass is 367 g/mol. The van der Waals surface area contributed by atoms with Gasteiger partial charge in [0.2, 0.25) is 5.91 Å². The Kier molecular flexibility index (Phi) is 4.43. The number of fused-ring (bicyclic) bond motifs is 1. The number of ether oxygens (including phenoxy) is 1. The van der Waals surface area contributed by atoms with E-state index in [1.807, 2.05) is 30.3 Å². The van der Waals surface area contributed by atoms with Crippen molar-refractivity contribution in [2.45, 2.75) is 32.0 Å². The van der Waals surface area contributed by atoms with E-state index in [9.17, 15) is 14.4 Å². The predicted octanol–water partition coefficient (Wildman–Crippen LogP) is 2.71. The largest absolute Gasteiger partial charge is 0.445 e. The molecule has 2 saturated heterocycles. The number of benzene rings is 1. The molecular weight excluding hydrogens is 346 g/mol. The molecule has 1 aromatic heterocycles. The Hall–Kier alpha value is -3.09. The molecule has 7 heteroatoms. The predicted molar refractivity (Wildman–Crippen MR) is 96.8 cm³/mol. The van der Waals surface area contributed by atoms with Crippen molar-refractivity contribution in [3.05, 3.63) is 60.4 Å². The normalized spacial score (nSPS) is 24.2. The fourth-order valence-electron chi connectivity index (χ4n) is 4.05. The standard InChI is InChI=1S/C20H21N3O4/c1-14-17-16(23(18(14)24)19(25)21-10-5-6-11-21)9-12-22(17)20(26)27-13-15-7-3-2-4-8-15/h2-8,10-11,14,16-17H,9,12-13H2,1H3/t14-,16-,17?/m0/s1. The topological polar surface area (TPSA) is 71.9 Å². The summed E-state index contributed by atoms with van der Waals surface area (Å²) in [5, 5.41) is 0. The number of carbonyl (C=O) groups is 3. The molecule has 0 radical (unpaired) electrons. The van der Waals surface area contributed by atoms with E-state index >= 15 is 0 Å². The summed E-state index contributed by atoms with van der Waals surface area (Å²) in [6.07, 6.45) is 3.36. The second-order valence-electron chi connectivity index (χ2n) is 6.95. The van der Waals surface area contributed by atoms with E-state index in [0.29, 0.717) is 13.0 Å². The lowest BCUT2D eigenvalue weighted by Gasteiger charge is -2.25. The van der Waals surface area contributed by atoms with Gasteiger partial charge >= 0.3 is 12.1 Å². The first-order valence-corrected chi connectivity index (χ1v) is 9.05. The molecule has 7 nitrogen and oxygen atoms in total. The van der Waals surface area contributed by atoms with Gasteiger partial charge in [0, 0.05) is 18.9 Å². The maximum absolute atomic E-state index is 12.7. The van der Waals surface area contributed by atoms with Crippen LogP contribution in [0.4, 0.5) is 9.59 Å². The number of nitrogens with zero attached hydrogens (tertiary/aromatic N) is 3. The van der Waals surface area contributed by atoms with Crippen molar-refractivity contribution >= 4 is 18.0 Å². The lowest BCUT2D eigenvalue weighted by molar-refractivity contribution is -0.129. The van der Waals surface area contributed by atoms with Crippen LogP contribution in [0.3, 0.4) is 0 Å². The molecule has 2 aromatic rings. The fourth-order valence-corrected chi connectivity index (χ4v) is 4.05. The van der Waals surface area contributed by atoms with Gasteiger partial charge in [-0.25, -0.2) is 9.59 Å². The SMILES string of the molecule is C[C@@H]1C(=O)N(C(=O)n2cccc2)[C@H]2CCN(C(=O)OCc3ccccc3)C12. The van der Waals surface area contributed by atoms with Crippen LogP contribution in [0.2, 0.25) is 0 Å². The summed E-state index contributed by atoms with van der Waals surface area (Å²) in [5.74, 6) is -0.689. The Balaban J connectivity index is 1.48. The molecule has 3 atom stereocenters. The highest BCUT2D eigenvalue weighted by molar-refractivity contribution is 5.99. The highest BCUT2D eigenvalue weighted by Crippen LogP contribution is 2.37. The van der Waals surface area contributed by atoms with Crippen molar-refractivity contribution in [1.82, 2.24) is 14.4 Å². The van der Waals surface area contributed by atoms with Crippen molar-refractivity contribution in [2.24, 2.45) is 5.92 Å². The second kappa shape index (κ2) is 6.90. The maximum Gasteiger partial charge on any atom is 0.410 e. The van der Waals surface area contributed by atoms with Gasteiger partial charge in [0.15, 0.2) is 0 Å².